The lowest BCUT2D eigenvalue weighted by Gasteiger charge is -2.11. The standard InChI is InChI=1S/C18H13N5OS/c1-12-6-8-13(9-7-12)22-16(24)14-4-2-3-5-15(14)23-17(22)20-21-18(23)25-11-10-19/h2-9H,11H2,1H3. The molecule has 0 aliphatic carbocycles. The quantitative estimate of drug-likeness (QED) is 0.533. The Morgan fingerprint density at radius 2 is 1.88 bits per heavy atom. The topological polar surface area (TPSA) is 76.0 Å². The van der Waals surface area contributed by atoms with Crippen molar-refractivity contribution in [2.24, 2.45) is 0 Å². The number of aromatic nitrogens is 4. The summed E-state index contributed by atoms with van der Waals surface area (Å²) in [5.74, 6) is 0.701. The van der Waals surface area contributed by atoms with E-state index < -0.39 is 0 Å². The van der Waals surface area contributed by atoms with Gasteiger partial charge in [0.05, 0.1) is 28.4 Å². The van der Waals surface area contributed by atoms with Gasteiger partial charge in [0.15, 0.2) is 5.16 Å². The molecule has 0 radical (unpaired) electrons. The van der Waals surface area contributed by atoms with Crippen molar-refractivity contribution < 1.29 is 0 Å². The molecule has 0 bridgehead atoms. The monoisotopic (exact) mass is 347 g/mol. The normalized spacial score (nSPS) is 11.0. The summed E-state index contributed by atoms with van der Waals surface area (Å²) in [4.78, 5) is 13.1. The summed E-state index contributed by atoms with van der Waals surface area (Å²) < 4.78 is 3.39. The first kappa shape index (κ1) is 15.4. The molecular weight excluding hydrogens is 334 g/mol. The molecule has 0 fully saturated rings. The van der Waals surface area contributed by atoms with Gasteiger partial charge in [-0.15, -0.1) is 10.2 Å². The van der Waals surface area contributed by atoms with Crippen LogP contribution in [-0.2, 0) is 0 Å². The summed E-state index contributed by atoms with van der Waals surface area (Å²) in [6.45, 7) is 2.00. The zero-order valence-electron chi connectivity index (χ0n) is 13.4. The number of nitriles is 1. The van der Waals surface area contributed by atoms with Gasteiger partial charge in [-0.25, -0.2) is 4.57 Å². The van der Waals surface area contributed by atoms with E-state index in [0.29, 0.717) is 16.3 Å². The summed E-state index contributed by atoms with van der Waals surface area (Å²) >= 11 is 1.30. The van der Waals surface area contributed by atoms with E-state index in [-0.39, 0.29) is 11.3 Å². The predicted octanol–water partition coefficient (Wildman–Crippen LogP) is 2.96. The van der Waals surface area contributed by atoms with E-state index in [1.807, 2.05) is 53.8 Å². The van der Waals surface area contributed by atoms with Crippen LogP contribution in [0, 0.1) is 18.3 Å². The fourth-order valence-corrected chi connectivity index (χ4v) is 3.40. The first-order valence-electron chi connectivity index (χ1n) is 7.66. The smallest absolute Gasteiger partial charge is 0.267 e. The van der Waals surface area contributed by atoms with E-state index in [0.717, 1.165) is 16.8 Å². The van der Waals surface area contributed by atoms with E-state index in [1.165, 1.54) is 11.8 Å². The van der Waals surface area contributed by atoms with E-state index in [2.05, 4.69) is 16.3 Å². The molecule has 0 aliphatic rings. The Bertz CT molecular complexity index is 1180. The maximum atomic E-state index is 13.1. The number of thioether (sulfide) groups is 1. The molecule has 6 nitrogen and oxygen atoms in total. The van der Waals surface area contributed by atoms with Crippen LogP contribution in [0.25, 0.3) is 22.4 Å². The molecule has 2 aromatic heterocycles. The van der Waals surface area contributed by atoms with E-state index in [4.69, 9.17) is 5.26 Å². The van der Waals surface area contributed by atoms with Crippen molar-refractivity contribution in [3.8, 4) is 11.8 Å². The van der Waals surface area contributed by atoms with Crippen LogP contribution >= 0.6 is 11.8 Å². The minimum atomic E-state index is -0.142. The molecule has 0 aliphatic heterocycles. The summed E-state index contributed by atoms with van der Waals surface area (Å²) in [5.41, 5.74) is 2.43. The third-order valence-electron chi connectivity index (χ3n) is 3.95. The van der Waals surface area contributed by atoms with Crippen molar-refractivity contribution >= 4 is 28.4 Å². The molecule has 0 saturated carbocycles. The lowest BCUT2D eigenvalue weighted by molar-refractivity contribution is 0.932. The van der Waals surface area contributed by atoms with Crippen LogP contribution in [0.2, 0.25) is 0 Å². The van der Waals surface area contributed by atoms with Crippen molar-refractivity contribution in [3.05, 3.63) is 64.4 Å². The van der Waals surface area contributed by atoms with Crippen LogP contribution in [0.3, 0.4) is 0 Å². The summed E-state index contributed by atoms with van der Waals surface area (Å²) in [7, 11) is 0. The maximum Gasteiger partial charge on any atom is 0.267 e. The molecular formula is C18H13N5OS. The van der Waals surface area contributed by atoms with Crippen molar-refractivity contribution in [1.29, 1.82) is 5.26 Å². The molecule has 4 aromatic rings. The van der Waals surface area contributed by atoms with Crippen LogP contribution in [-0.4, -0.2) is 24.9 Å². The fourth-order valence-electron chi connectivity index (χ4n) is 2.80. The average molecular weight is 347 g/mol. The van der Waals surface area contributed by atoms with E-state index in [1.54, 1.807) is 10.6 Å². The van der Waals surface area contributed by atoms with E-state index in [9.17, 15) is 4.79 Å². The number of aryl methyl sites for hydroxylation is 1. The van der Waals surface area contributed by atoms with Gasteiger partial charge in [-0.3, -0.25) is 9.20 Å². The fraction of sp³-hybridized carbons (Fsp3) is 0.111. The van der Waals surface area contributed by atoms with Gasteiger partial charge in [0.1, 0.15) is 0 Å². The molecule has 0 unspecified atom stereocenters. The predicted molar refractivity (Wildman–Crippen MR) is 97.2 cm³/mol. The minimum Gasteiger partial charge on any atom is -0.268 e. The Labute approximate surface area is 147 Å². The average Bonchev–Trinajstić information content (AvgIpc) is 3.05. The summed E-state index contributed by atoms with van der Waals surface area (Å²) in [6, 6.07) is 17.1. The Balaban J connectivity index is 2.13. The number of benzene rings is 2. The second-order valence-corrected chi connectivity index (χ2v) is 6.50. The van der Waals surface area contributed by atoms with Crippen molar-refractivity contribution in [2.75, 3.05) is 5.75 Å². The molecule has 0 amide bonds. The zero-order valence-corrected chi connectivity index (χ0v) is 14.2. The summed E-state index contributed by atoms with van der Waals surface area (Å²) in [6.07, 6.45) is 0. The van der Waals surface area contributed by atoms with Gasteiger partial charge in [0.25, 0.3) is 5.56 Å². The maximum absolute atomic E-state index is 13.1. The molecule has 0 saturated heterocycles. The van der Waals surface area contributed by atoms with Gasteiger partial charge in [-0.05, 0) is 31.2 Å². The number of hydrogen-bond acceptors (Lipinski definition) is 5. The summed E-state index contributed by atoms with van der Waals surface area (Å²) in [5, 5.41) is 18.5. The lowest BCUT2D eigenvalue weighted by atomic mass is 10.2. The highest BCUT2D eigenvalue weighted by Crippen LogP contribution is 2.22. The van der Waals surface area contributed by atoms with Crippen LogP contribution in [0.15, 0.2) is 58.5 Å². The van der Waals surface area contributed by atoms with Crippen molar-refractivity contribution in [3.63, 3.8) is 0 Å². The zero-order chi connectivity index (χ0) is 17.4. The second-order valence-electron chi connectivity index (χ2n) is 5.56. The highest BCUT2D eigenvalue weighted by Gasteiger charge is 2.17. The molecule has 7 heteroatoms. The number of fused-ring (bicyclic) bond motifs is 3. The number of hydrogen-bond donors (Lipinski definition) is 0. The third kappa shape index (κ3) is 2.47. The molecule has 2 heterocycles. The minimum absolute atomic E-state index is 0.142. The lowest BCUT2D eigenvalue weighted by Crippen LogP contribution is -2.21. The molecule has 0 atom stereocenters. The first-order chi connectivity index (χ1) is 12.2. The number of para-hydroxylation sites is 1. The van der Waals surface area contributed by atoms with Gasteiger partial charge < -0.3 is 0 Å². The van der Waals surface area contributed by atoms with Gasteiger partial charge in [-0.1, -0.05) is 41.6 Å². The Hall–Kier alpha value is -3.11. The van der Waals surface area contributed by atoms with Crippen LogP contribution in [0.1, 0.15) is 5.56 Å². The van der Waals surface area contributed by atoms with Gasteiger partial charge in [-0.2, -0.15) is 5.26 Å². The largest absolute Gasteiger partial charge is 0.268 e. The van der Waals surface area contributed by atoms with Gasteiger partial charge >= 0.3 is 0 Å². The Kier molecular flexibility index (Phi) is 3.75. The molecule has 0 spiro atoms. The van der Waals surface area contributed by atoms with Crippen molar-refractivity contribution in [1.82, 2.24) is 19.2 Å². The molecule has 0 N–H and O–H groups in total. The van der Waals surface area contributed by atoms with Crippen LogP contribution in [0.4, 0.5) is 0 Å². The Morgan fingerprint density at radius 1 is 1.12 bits per heavy atom. The van der Waals surface area contributed by atoms with Gasteiger partial charge in [0.2, 0.25) is 5.78 Å². The second kappa shape index (κ2) is 6.07. The number of rotatable bonds is 3. The van der Waals surface area contributed by atoms with E-state index >= 15 is 0 Å². The highest BCUT2D eigenvalue weighted by atomic mass is 32.2. The molecule has 4 rings (SSSR count). The first-order valence-corrected chi connectivity index (χ1v) is 8.65. The third-order valence-corrected chi connectivity index (χ3v) is 4.75. The van der Waals surface area contributed by atoms with Crippen molar-refractivity contribution in [2.45, 2.75) is 12.1 Å². The molecule has 25 heavy (non-hydrogen) atoms. The van der Waals surface area contributed by atoms with Crippen LogP contribution in [0.5, 0.6) is 0 Å². The number of nitrogens with zero attached hydrogens (tertiary/aromatic N) is 5. The highest BCUT2D eigenvalue weighted by molar-refractivity contribution is 7.99. The van der Waals surface area contributed by atoms with Crippen LogP contribution < -0.4 is 5.56 Å². The molecule has 2 aromatic carbocycles. The SMILES string of the molecule is Cc1ccc(-n2c(=O)c3ccccc3n3c(SCC#N)nnc23)cc1. The Morgan fingerprint density at radius 3 is 2.64 bits per heavy atom. The molecule has 122 valence electrons. The van der Waals surface area contributed by atoms with Gasteiger partial charge in [0, 0.05) is 0 Å².